The smallest absolute Gasteiger partial charge is 0.239 e. The summed E-state index contributed by atoms with van der Waals surface area (Å²) in [6.45, 7) is 1.92. The maximum atomic E-state index is 12.5. The molecule has 1 fully saturated rings. The highest BCUT2D eigenvalue weighted by Gasteiger charge is 2.32. The molecule has 2 aromatic heterocycles. The van der Waals surface area contributed by atoms with Crippen LogP contribution in [0.15, 0.2) is 42.0 Å². The summed E-state index contributed by atoms with van der Waals surface area (Å²) in [7, 11) is 0. The summed E-state index contributed by atoms with van der Waals surface area (Å²) >= 11 is 1.56. The minimum atomic E-state index is -0.365. The van der Waals surface area contributed by atoms with Crippen LogP contribution in [-0.4, -0.2) is 26.4 Å². The molecule has 0 radical (unpaired) electrons. The van der Waals surface area contributed by atoms with Crippen molar-refractivity contribution < 1.29 is 9.90 Å². The number of nitrogens with zero attached hydrogens (tertiary/aromatic N) is 2. The van der Waals surface area contributed by atoms with Gasteiger partial charge in [-0.1, -0.05) is 18.2 Å². The van der Waals surface area contributed by atoms with Gasteiger partial charge in [0.15, 0.2) is 4.96 Å². The number of phenolic OH excluding ortho intramolecular Hbond substituents is 1. The molecule has 3 unspecified atom stereocenters. The van der Waals surface area contributed by atoms with Crippen LogP contribution in [0.3, 0.4) is 0 Å². The van der Waals surface area contributed by atoms with E-state index in [1.807, 2.05) is 41.2 Å². The molecule has 0 saturated carbocycles. The number of fused-ring (bicyclic) bond motifs is 1. The number of hydrazine groups is 1. The first kappa shape index (κ1) is 16.1. The Balaban J connectivity index is 1.40. The molecule has 4 rings (SSSR count). The van der Waals surface area contributed by atoms with Crippen molar-refractivity contribution in [1.82, 2.24) is 25.6 Å². The molecule has 3 aromatic rings. The average Bonchev–Trinajstić information content (AvgIpc) is 3.30. The van der Waals surface area contributed by atoms with E-state index in [4.69, 9.17) is 0 Å². The lowest BCUT2D eigenvalue weighted by Gasteiger charge is -2.15. The molecule has 0 bridgehead atoms. The molecule has 1 aliphatic rings. The van der Waals surface area contributed by atoms with Crippen molar-refractivity contribution in [3.8, 4) is 5.75 Å². The van der Waals surface area contributed by atoms with Gasteiger partial charge in [0.2, 0.25) is 5.91 Å². The first-order valence-electron chi connectivity index (χ1n) is 8.13. The van der Waals surface area contributed by atoms with Crippen LogP contribution >= 0.6 is 11.3 Å². The molecule has 4 N–H and O–H groups in total. The fraction of sp³-hybridized carbons (Fsp3) is 0.294. The van der Waals surface area contributed by atoms with E-state index in [9.17, 15) is 9.90 Å². The molecule has 1 aromatic carbocycles. The highest BCUT2D eigenvalue weighted by molar-refractivity contribution is 7.15. The zero-order valence-corrected chi connectivity index (χ0v) is 14.5. The minimum absolute atomic E-state index is 0.0886. The van der Waals surface area contributed by atoms with Crippen LogP contribution in [0, 0.1) is 0 Å². The van der Waals surface area contributed by atoms with Gasteiger partial charge in [-0.05, 0) is 19.4 Å². The summed E-state index contributed by atoms with van der Waals surface area (Å²) in [6.07, 6.45) is 4.45. The Morgan fingerprint density at radius 3 is 3.08 bits per heavy atom. The number of carbonyl (C=O) groups is 1. The summed E-state index contributed by atoms with van der Waals surface area (Å²) in [5.74, 6) is 0.142. The lowest BCUT2D eigenvalue weighted by Crippen LogP contribution is -2.44. The van der Waals surface area contributed by atoms with Gasteiger partial charge in [0.25, 0.3) is 0 Å². The number of nitrogens with one attached hydrogen (secondary N) is 3. The number of imidazole rings is 1. The first-order chi connectivity index (χ1) is 12.1. The van der Waals surface area contributed by atoms with Crippen LogP contribution in [0.5, 0.6) is 5.75 Å². The van der Waals surface area contributed by atoms with Gasteiger partial charge in [0, 0.05) is 23.3 Å². The second-order valence-electron chi connectivity index (χ2n) is 6.18. The maximum Gasteiger partial charge on any atom is 0.239 e. The Hall–Kier alpha value is -2.42. The number of aromatic hydroxyl groups is 1. The molecule has 8 heteroatoms. The fourth-order valence-electron chi connectivity index (χ4n) is 3.06. The lowest BCUT2D eigenvalue weighted by molar-refractivity contribution is -0.123. The van der Waals surface area contributed by atoms with Gasteiger partial charge >= 0.3 is 0 Å². The molecule has 1 aliphatic heterocycles. The van der Waals surface area contributed by atoms with E-state index < -0.39 is 0 Å². The molecule has 0 spiro atoms. The van der Waals surface area contributed by atoms with Crippen LogP contribution in [-0.2, 0) is 4.79 Å². The summed E-state index contributed by atoms with van der Waals surface area (Å²) in [5.41, 5.74) is 7.72. The second-order valence-corrected chi connectivity index (χ2v) is 7.05. The molecule has 3 atom stereocenters. The van der Waals surface area contributed by atoms with E-state index in [0.717, 1.165) is 16.2 Å². The van der Waals surface area contributed by atoms with Crippen molar-refractivity contribution in [2.24, 2.45) is 0 Å². The standard InChI is InChI=1S/C17H19N5O2S/c1-10(14-9-22-6-7-25-17(22)19-14)18-16(24)13-8-12(20-21-13)11-4-2-3-5-15(11)23/h2-7,9-10,12-13,20-21,23H,8H2,1H3,(H,18,24). The largest absolute Gasteiger partial charge is 0.508 e. The SMILES string of the molecule is CC(NC(=O)C1CC(c2ccccc2O)NN1)c1cn2ccsc2n1. The summed E-state index contributed by atoms with van der Waals surface area (Å²) in [6, 6.07) is 6.51. The van der Waals surface area contributed by atoms with Crippen LogP contribution in [0.1, 0.15) is 36.7 Å². The maximum absolute atomic E-state index is 12.5. The van der Waals surface area contributed by atoms with Crippen LogP contribution in [0.25, 0.3) is 4.96 Å². The van der Waals surface area contributed by atoms with E-state index in [1.165, 1.54) is 0 Å². The highest BCUT2D eigenvalue weighted by atomic mass is 32.1. The van der Waals surface area contributed by atoms with Gasteiger partial charge in [0.1, 0.15) is 11.8 Å². The highest BCUT2D eigenvalue weighted by Crippen LogP contribution is 2.29. The minimum Gasteiger partial charge on any atom is -0.508 e. The van der Waals surface area contributed by atoms with Crippen LogP contribution in [0.2, 0.25) is 0 Å². The number of aromatic nitrogens is 2. The number of carbonyl (C=O) groups excluding carboxylic acids is 1. The van der Waals surface area contributed by atoms with E-state index >= 15 is 0 Å². The summed E-state index contributed by atoms with van der Waals surface area (Å²) in [5, 5.41) is 14.9. The molecule has 0 aliphatic carbocycles. The Morgan fingerprint density at radius 2 is 2.28 bits per heavy atom. The summed E-state index contributed by atoms with van der Waals surface area (Å²) < 4.78 is 1.95. The second kappa shape index (κ2) is 6.47. The third-order valence-electron chi connectivity index (χ3n) is 4.45. The zero-order chi connectivity index (χ0) is 17.4. The quantitative estimate of drug-likeness (QED) is 0.572. The Labute approximate surface area is 148 Å². The van der Waals surface area contributed by atoms with Gasteiger partial charge in [-0.3, -0.25) is 9.20 Å². The van der Waals surface area contributed by atoms with Crippen molar-refractivity contribution in [3.05, 3.63) is 53.3 Å². The third kappa shape index (κ3) is 3.11. The predicted octanol–water partition coefficient (Wildman–Crippen LogP) is 1.89. The Bertz CT molecular complexity index is 877. The number of amides is 1. The lowest BCUT2D eigenvalue weighted by atomic mass is 10.0. The van der Waals surface area contributed by atoms with Gasteiger partial charge in [-0.25, -0.2) is 15.8 Å². The Kier molecular flexibility index (Phi) is 4.16. The normalized spacial score (nSPS) is 21.5. The molecule has 7 nitrogen and oxygen atoms in total. The van der Waals surface area contributed by atoms with Crippen molar-refractivity contribution in [2.45, 2.75) is 31.5 Å². The zero-order valence-electron chi connectivity index (χ0n) is 13.6. The van der Waals surface area contributed by atoms with E-state index in [0.29, 0.717) is 6.42 Å². The number of benzene rings is 1. The molecule has 3 heterocycles. The van der Waals surface area contributed by atoms with Crippen molar-refractivity contribution in [3.63, 3.8) is 0 Å². The van der Waals surface area contributed by atoms with Gasteiger partial charge < -0.3 is 10.4 Å². The average molecular weight is 357 g/mol. The van der Waals surface area contributed by atoms with Crippen molar-refractivity contribution in [2.75, 3.05) is 0 Å². The van der Waals surface area contributed by atoms with Crippen molar-refractivity contribution >= 4 is 22.2 Å². The van der Waals surface area contributed by atoms with E-state index in [2.05, 4.69) is 21.2 Å². The topological polar surface area (TPSA) is 90.7 Å². The predicted molar refractivity (Wildman–Crippen MR) is 95.2 cm³/mol. The molecular weight excluding hydrogens is 338 g/mol. The fourth-order valence-corrected chi connectivity index (χ4v) is 3.76. The number of rotatable bonds is 4. The molecule has 130 valence electrons. The van der Waals surface area contributed by atoms with Gasteiger partial charge in [0.05, 0.1) is 17.8 Å². The molecular formula is C17H19N5O2S. The number of para-hydroxylation sites is 1. The summed E-state index contributed by atoms with van der Waals surface area (Å²) in [4.78, 5) is 18.0. The number of hydrogen-bond donors (Lipinski definition) is 4. The third-order valence-corrected chi connectivity index (χ3v) is 5.22. The van der Waals surface area contributed by atoms with Gasteiger partial charge in [-0.2, -0.15) is 0 Å². The first-order valence-corrected chi connectivity index (χ1v) is 9.01. The molecule has 1 saturated heterocycles. The molecule has 25 heavy (non-hydrogen) atoms. The van der Waals surface area contributed by atoms with Crippen LogP contribution < -0.4 is 16.2 Å². The number of phenols is 1. The van der Waals surface area contributed by atoms with E-state index in [-0.39, 0.29) is 29.8 Å². The number of thiazole rings is 1. The van der Waals surface area contributed by atoms with Crippen LogP contribution in [0.4, 0.5) is 0 Å². The van der Waals surface area contributed by atoms with Gasteiger partial charge in [-0.15, -0.1) is 11.3 Å². The number of hydrogen-bond acceptors (Lipinski definition) is 6. The monoisotopic (exact) mass is 357 g/mol. The van der Waals surface area contributed by atoms with Crippen molar-refractivity contribution in [1.29, 1.82) is 0 Å². The molecule has 1 amide bonds. The Morgan fingerprint density at radius 1 is 1.44 bits per heavy atom. The van der Waals surface area contributed by atoms with E-state index in [1.54, 1.807) is 23.5 Å².